The molecular formula is C9H7Cl2FN4O2S. The molecule has 1 aromatic carbocycles. The highest BCUT2D eigenvalue weighted by atomic mass is 35.5. The predicted octanol–water partition coefficient (Wildman–Crippen LogP) is 2.24. The van der Waals surface area contributed by atoms with Crippen LogP contribution in [0.15, 0.2) is 23.2 Å². The molecule has 10 heteroatoms. The third-order valence-corrected chi connectivity index (χ3v) is 4.14. The number of hydrogen-bond acceptors (Lipinski definition) is 4. The Morgan fingerprint density at radius 1 is 1.32 bits per heavy atom. The van der Waals surface area contributed by atoms with Crippen LogP contribution in [0.1, 0.15) is 0 Å². The van der Waals surface area contributed by atoms with Crippen molar-refractivity contribution in [2.24, 2.45) is 0 Å². The van der Waals surface area contributed by atoms with Crippen molar-refractivity contribution >= 4 is 44.7 Å². The van der Waals surface area contributed by atoms with Gasteiger partial charge in [-0.1, -0.05) is 23.2 Å². The van der Waals surface area contributed by atoms with E-state index in [9.17, 15) is 12.8 Å². The first-order chi connectivity index (χ1) is 8.81. The minimum Gasteiger partial charge on any atom is -0.383 e. The van der Waals surface area contributed by atoms with Crippen LogP contribution in [0.2, 0.25) is 10.0 Å². The van der Waals surface area contributed by atoms with Gasteiger partial charge in [-0.25, -0.2) is 12.8 Å². The first kappa shape index (κ1) is 13.9. The highest BCUT2D eigenvalue weighted by Crippen LogP contribution is 2.33. The van der Waals surface area contributed by atoms with Crippen molar-refractivity contribution < 1.29 is 12.8 Å². The molecule has 19 heavy (non-hydrogen) atoms. The predicted molar refractivity (Wildman–Crippen MR) is 70.2 cm³/mol. The van der Waals surface area contributed by atoms with Gasteiger partial charge >= 0.3 is 0 Å². The summed E-state index contributed by atoms with van der Waals surface area (Å²) in [6.07, 6.45) is 1.03. The van der Waals surface area contributed by atoms with Gasteiger partial charge in [0.25, 0.3) is 10.0 Å². The van der Waals surface area contributed by atoms with Crippen molar-refractivity contribution in [3.8, 4) is 0 Å². The van der Waals surface area contributed by atoms with Crippen LogP contribution in [-0.4, -0.2) is 18.6 Å². The van der Waals surface area contributed by atoms with Crippen molar-refractivity contribution in [3.63, 3.8) is 0 Å². The lowest BCUT2D eigenvalue weighted by atomic mass is 10.3. The van der Waals surface area contributed by atoms with Gasteiger partial charge in [-0.3, -0.25) is 9.82 Å². The summed E-state index contributed by atoms with van der Waals surface area (Å²) in [6, 6.07) is 1.87. The number of anilines is 2. The first-order valence-electron chi connectivity index (χ1n) is 4.77. The Hall–Kier alpha value is -1.51. The third kappa shape index (κ3) is 2.75. The molecule has 1 aromatic heterocycles. The minimum absolute atomic E-state index is 0.134. The maximum Gasteiger partial charge on any atom is 0.267 e. The molecule has 0 saturated heterocycles. The molecule has 2 aromatic rings. The Labute approximate surface area is 117 Å². The van der Waals surface area contributed by atoms with Crippen molar-refractivity contribution in [3.05, 3.63) is 34.2 Å². The minimum atomic E-state index is -4.02. The van der Waals surface area contributed by atoms with Crippen LogP contribution < -0.4 is 10.5 Å². The number of H-pyrrole nitrogens is 1. The summed E-state index contributed by atoms with van der Waals surface area (Å²) in [5, 5.41) is 5.43. The molecule has 0 bridgehead atoms. The molecule has 102 valence electrons. The molecule has 0 aliphatic heterocycles. The van der Waals surface area contributed by atoms with E-state index in [1.165, 1.54) is 0 Å². The van der Waals surface area contributed by atoms with Gasteiger partial charge in [0.2, 0.25) is 0 Å². The Morgan fingerprint density at radius 3 is 2.37 bits per heavy atom. The maximum atomic E-state index is 13.0. The summed E-state index contributed by atoms with van der Waals surface area (Å²) in [5.41, 5.74) is 5.28. The van der Waals surface area contributed by atoms with Crippen LogP contribution in [-0.2, 0) is 10.0 Å². The van der Waals surface area contributed by atoms with Gasteiger partial charge in [0.05, 0.1) is 21.9 Å². The monoisotopic (exact) mass is 324 g/mol. The van der Waals surface area contributed by atoms with Gasteiger partial charge in [-0.15, -0.1) is 0 Å². The molecule has 0 aliphatic carbocycles. The number of nitrogens with two attached hydrogens (primary N) is 1. The summed E-state index contributed by atoms with van der Waals surface area (Å²) >= 11 is 11.5. The van der Waals surface area contributed by atoms with Crippen molar-refractivity contribution in [2.75, 3.05) is 10.5 Å². The Kier molecular flexibility index (Phi) is 3.57. The second-order valence-electron chi connectivity index (χ2n) is 3.50. The Bertz CT molecular complexity index is 709. The van der Waals surface area contributed by atoms with E-state index >= 15 is 0 Å². The topological polar surface area (TPSA) is 101 Å². The number of sulfonamides is 1. The third-order valence-electron chi connectivity index (χ3n) is 2.17. The summed E-state index contributed by atoms with van der Waals surface area (Å²) in [5.74, 6) is -0.817. The molecule has 0 spiro atoms. The van der Waals surface area contributed by atoms with Gasteiger partial charge in [-0.2, -0.15) is 5.10 Å². The smallest absolute Gasteiger partial charge is 0.267 e. The molecule has 0 unspecified atom stereocenters. The standard InChI is InChI=1S/C9H7Cl2FN4O2S/c10-5-1-4(12)2-6(11)8(5)16-19(17,18)7-3-14-15-9(7)13/h1-3,16H,(H3,13,14,15). The van der Waals surface area contributed by atoms with Crippen molar-refractivity contribution in [2.45, 2.75) is 4.90 Å². The van der Waals surface area contributed by atoms with Crippen LogP contribution >= 0.6 is 23.2 Å². The van der Waals surface area contributed by atoms with Gasteiger partial charge in [0, 0.05) is 0 Å². The average molecular weight is 325 g/mol. The van der Waals surface area contributed by atoms with Gasteiger partial charge < -0.3 is 5.73 Å². The maximum absolute atomic E-state index is 13.0. The molecule has 0 saturated carbocycles. The van der Waals surface area contributed by atoms with E-state index in [0.29, 0.717) is 0 Å². The second-order valence-corrected chi connectivity index (χ2v) is 5.96. The number of benzene rings is 1. The molecule has 1 heterocycles. The zero-order valence-electron chi connectivity index (χ0n) is 9.12. The van der Waals surface area contributed by atoms with E-state index in [-0.39, 0.29) is 26.4 Å². The normalized spacial score (nSPS) is 11.5. The fourth-order valence-corrected chi connectivity index (χ4v) is 3.12. The Balaban J connectivity index is 2.45. The number of hydrogen-bond donors (Lipinski definition) is 3. The van der Waals surface area contributed by atoms with E-state index in [0.717, 1.165) is 18.3 Å². The van der Waals surface area contributed by atoms with E-state index in [2.05, 4.69) is 14.9 Å². The van der Waals surface area contributed by atoms with E-state index in [4.69, 9.17) is 28.9 Å². The number of nitrogens with one attached hydrogen (secondary N) is 2. The molecule has 0 aliphatic rings. The first-order valence-corrected chi connectivity index (χ1v) is 7.01. The molecule has 0 atom stereocenters. The molecule has 4 N–H and O–H groups in total. The van der Waals surface area contributed by atoms with Crippen molar-refractivity contribution in [1.29, 1.82) is 0 Å². The molecular weight excluding hydrogens is 318 g/mol. The van der Waals surface area contributed by atoms with Gasteiger partial charge in [0.15, 0.2) is 0 Å². The van der Waals surface area contributed by atoms with E-state index < -0.39 is 15.8 Å². The number of aromatic nitrogens is 2. The molecule has 2 rings (SSSR count). The lowest BCUT2D eigenvalue weighted by molar-refractivity contribution is 0.601. The van der Waals surface area contributed by atoms with Gasteiger partial charge in [0.1, 0.15) is 16.5 Å². The zero-order valence-corrected chi connectivity index (χ0v) is 11.4. The van der Waals surface area contributed by atoms with Crippen LogP contribution in [0.25, 0.3) is 0 Å². The quantitative estimate of drug-likeness (QED) is 0.805. The summed E-state index contributed by atoms with van der Waals surface area (Å²) in [6.45, 7) is 0. The van der Waals surface area contributed by atoms with Crippen LogP contribution in [0, 0.1) is 5.82 Å². The lowest BCUT2D eigenvalue weighted by Gasteiger charge is -2.10. The van der Waals surface area contributed by atoms with Gasteiger partial charge in [-0.05, 0) is 12.1 Å². The summed E-state index contributed by atoms with van der Waals surface area (Å²) in [4.78, 5) is -0.260. The molecule has 0 fully saturated rings. The number of rotatable bonds is 3. The number of nitrogen functional groups attached to an aromatic ring is 1. The van der Waals surface area contributed by atoms with E-state index in [1.807, 2.05) is 0 Å². The SMILES string of the molecule is Nc1[nH]ncc1S(=O)(=O)Nc1c(Cl)cc(F)cc1Cl. The summed E-state index contributed by atoms with van der Waals surface area (Å²) < 4.78 is 39.1. The highest BCUT2D eigenvalue weighted by Gasteiger charge is 2.22. The van der Waals surface area contributed by atoms with Crippen LogP contribution in [0.5, 0.6) is 0 Å². The number of halogens is 3. The molecule has 6 nitrogen and oxygen atoms in total. The zero-order chi connectivity index (χ0) is 14.2. The fourth-order valence-electron chi connectivity index (χ4n) is 1.33. The van der Waals surface area contributed by atoms with Crippen LogP contribution in [0.4, 0.5) is 15.9 Å². The fraction of sp³-hybridized carbons (Fsp3) is 0. The molecule has 0 amide bonds. The Morgan fingerprint density at radius 2 is 1.89 bits per heavy atom. The summed E-state index contributed by atoms with van der Waals surface area (Å²) in [7, 11) is -4.02. The van der Waals surface area contributed by atoms with E-state index in [1.54, 1.807) is 0 Å². The molecule has 0 radical (unpaired) electrons. The lowest BCUT2D eigenvalue weighted by Crippen LogP contribution is -2.14. The number of nitrogens with zero attached hydrogens (tertiary/aromatic N) is 1. The second kappa shape index (κ2) is 4.87. The highest BCUT2D eigenvalue weighted by molar-refractivity contribution is 7.92. The number of aromatic amines is 1. The largest absolute Gasteiger partial charge is 0.383 e. The van der Waals surface area contributed by atoms with Crippen molar-refractivity contribution in [1.82, 2.24) is 10.2 Å². The average Bonchev–Trinajstić information content (AvgIpc) is 2.70. The van der Waals surface area contributed by atoms with Crippen LogP contribution in [0.3, 0.4) is 0 Å².